The zero-order chi connectivity index (χ0) is 29.0. The van der Waals surface area contributed by atoms with E-state index in [1.54, 1.807) is 6.92 Å². The van der Waals surface area contributed by atoms with Crippen molar-refractivity contribution in [3.05, 3.63) is 33.9 Å². The van der Waals surface area contributed by atoms with Crippen LogP contribution in [-0.2, 0) is 20.8 Å². The van der Waals surface area contributed by atoms with Gasteiger partial charge in [0.05, 0.1) is 6.42 Å². The van der Waals surface area contributed by atoms with Gasteiger partial charge in [-0.25, -0.2) is 0 Å². The first-order valence-corrected chi connectivity index (χ1v) is 15.0. The van der Waals surface area contributed by atoms with Gasteiger partial charge in [0, 0.05) is 24.3 Å². The maximum Gasteiger partial charge on any atom is 0.163 e. The lowest BCUT2D eigenvalue weighted by atomic mass is 9.70. The molecule has 0 aromatic heterocycles. The Morgan fingerprint density at radius 3 is 2.11 bits per heavy atom. The Hall–Kier alpha value is -2.10. The van der Waals surface area contributed by atoms with Crippen LogP contribution in [0, 0.1) is 31.6 Å². The average Bonchev–Trinajstić information content (AvgIpc) is 2.81. The van der Waals surface area contributed by atoms with Gasteiger partial charge in [0.15, 0.2) is 5.78 Å². The van der Waals surface area contributed by atoms with E-state index in [9.17, 15) is 19.2 Å². The molecular formula is C34H54O4. The van der Waals surface area contributed by atoms with Crippen molar-refractivity contribution >= 4 is 23.1 Å². The lowest BCUT2D eigenvalue weighted by molar-refractivity contribution is -0.130. The lowest BCUT2D eigenvalue weighted by Crippen LogP contribution is -2.30. The van der Waals surface area contributed by atoms with Gasteiger partial charge >= 0.3 is 0 Å². The van der Waals surface area contributed by atoms with Crippen molar-refractivity contribution in [1.29, 1.82) is 0 Å². The van der Waals surface area contributed by atoms with E-state index < -0.39 is 0 Å². The molecule has 3 unspecified atom stereocenters. The Bertz CT molecular complexity index is 956. The number of carbonyl (C=O) groups excluding carboxylic acids is 4. The third-order valence-electron chi connectivity index (χ3n) is 8.13. The zero-order valence-electron chi connectivity index (χ0n) is 25.8. The molecular weight excluding hydrogens is 472 g/mol. The Morgan fingerprint density at radius 2 is 1.61 bits per heavy atom. The smallest absolute Gasteiger partial charge is 0.163 e. The van der Waals surface area contributed by atoms with Crippen LogP contribution in [0.3, 0.4) is 0 Å². The van der Waals surface area contributed by atoms with Crippen molar-refractivity contribution in [1.82, 2.24) is 0 Å². The van der Waals surface area contributed by atoms with Crippen molar-refractivity contribution in [3.63, 3.8) is 0 Å². The van der Waals surface area contributed by atoms with Gasteiger partial charge in [-0.2, -0.15) is 0 Å². The second-order valence-electron chi connectivity index (χ2n) is 11.9. The molecule has 0 spiro atoms. The summed E-state index contributed by atoms with van der Waals surface area (Å²) in [5, 5.41) is 0. The minimum absolute atomic E-state index is 0.0428. The maximum atomic E-state index is 13.2. The molecule has 0 bridgehead atoms. The maximum absolute atomic E-state index is 13.2. The van der Waals surface area contributed by atoms with E-state index in [4.69, 9.17) is 0 Å². The van der Waals surface area contributed by atoms with Crippen LogP contribution in [0.2, 0.25) is 0 Å². The summed E-state index contributed by atoms with van der Waals surface area (Å²) in [6.07, 6.45) is 9.44. The molecule has 4 heteroatoms. The third-order valence-corrected chi connectivity index (χ3v) is 8.13. The van der Waals surface area contributed by atoms with Gasteiger partial charge in [-0.05, 0) is 93.4 Å². The number of hydrogen-bond donors (Lipinski definition) is 0. The lowest BCUT2D eigenvalue weighted by Gasteiger charge is -2.33. The number of ketones is 4. The van der Waals surface area contributed by atoms with Gasteiger partial charge < -0.3 is 4.79 Å². The van der Waals surface area contributed by atoms with Gasteiger partial charge in [0.1, 0.15) is 17.3 Å². The van der Waals surface area contributed by atoms with Crippen LogP contribution in [0.4, 0.5) is 0 Å². The molecule has 0 amide bonds. The number of unbranched alkanes of at least 4 members (excludes halogenated alkanes) is 2. The molecule has 38 heavy (non-hydrogen) atoms. The molecule has 0 heterocycles. The predicted molar refractivity (Wildman–Crippen MR) is 158 cm³/mol. The molecule has 1 aromatic rings. The molecule has 0 saturated carbocycles. The number of benzene rings is 1. The largest absolute Gasteiger partial charge is 0.300 e. The van der Waals surface area contributed by atoms with Crippen molar-refractivity contribution in [2.24, 2.45) is 17.8 Å². The van der Waals surface area contributed by atoms with Crippen LogP contribution in [0.1, 0.15) is 151 Å². The summed E-state index contributed by atoms with van der Waals surface area (Å²) < 4.78 is 0. The SMILES string of the molecule is CCCC(CC1CC(=O)c2c(C)c(C)cc(C(C)C)c2C1)C(CC)C(=O)CC(C)=O.CCCCCC(C)=O. The van der Waals surface area contributed by atoms with Crippen LogP contribution in [0.5, 0.6) is 0 Å². The van der Waals surface area contributed by atoms with Gasteiger partial charge in [-0.3, -0.25) is 14.4 Å². The zero-order valence-corrected chi connectivity index (χ0v) is 25.8. The second kappa shape index (κ2) is 16.8. The summed E-state index contributed by atoms with van der Waals surface area (Å²) in [5.74, 6) is 1.45. The molecule has 4 nitrogen and oxygen atoms in total. The molecule has 0 N–H and O–H groups in total. The van der Waals surface area contributed by atoms with E-state index in [1.165, 1.54) is 36.5 Å². The van der Waals surface area contributed by atoms with Crippen molar-refractivity contribution in [2.75, 3.05) is 0 Å². The van der Waals surface area contributed by atoms with Gasteiger partial charge in [0.2, 0.25) is 0 Å². The van der Waals surface area contributed by atoms with Crippen molar-refractivity contribution < 1.29 is 19.2 Å². The van der Waals surface area contributed by atoms with Crippen molar-refractivity contribution in [2.45, 2.75) is 139 Å². The normalized spacial score (nSPS) is 16.4. The monoisotopic (exact) mass is 526 g/mol. The minimum atomic E-state index is -0.0744. The second-order valence-corrected chi connectivity index (χ2v) is 11.9. The third kappa shape index (κ3) is 10.2. The molecule has 0 aliphatic heterocycles. The minimum Gasteiger partial charge on any atom is -0.300 e. The first-order valence-electron chi connectivity index (χ1n) is 15.0. The molecule has 1 aromatic carbocycles. The predicted octanol–water partition coefficient (Wildman–Crippen LogP) is 8.71. The highest BCUT2D eigenvalue weighted by atomic mass is 16.1. The highest BCUT2D eigenvalue weighted by Gasteiger charge is 2.34. The number of hydrogen-bond acceptors (Lipinski definition) is 4. The standard InChI is InChI=1S/C27H40O3.C7H14O/c1-8-10-21(22(9-2)25(29)12-18(6)28)13-20-14-24-23(16(3)4)11-17(5)19(7)27(24)26(30)15-20;1-3-4-5-6-7(2)8/h11,16,20-22H,8-10,12-15H2,1-7H3;3-6H2,1-2H3. The molecule has 0 radical (unpaired) electrons. The van der Waals surface area contributed by atoms with Gasteiger partial charge in [-0.1, -0.05) is 66.4 Å². The van der Waals surface area contributed by atoms with Crippen LogP contribution < -0.4 is 0 Å². The number of carbonyl (C=O) groups is 4. The summed E-state index contributed by atoms with van der Waals surface area (Å²) in [6, 6.07) is 2.27. The molecule has 2 rings (SSSR count). The summed E-state index contributed by atoms with van der Waals surface area (Å²) in [4.78, 5) is 47.8. The van der Waals surface area contributed by atoms with E-state index in [0.29, 0.717) is 18.1 Å². The average molecular weight is 527 g/mol. The van der Waals surface area contributed by atoms with E-state index in [0.717, 1.165) is 56.1 Å². The summed E-state index contributed by atoms with van der Waals surface area (Å²) in [5.41, 5.74) is 5.84. The molecule has 0 saturated heterocycles. The molecule has 1 aliphatic carbocycles. The fourth-order valence-corrected chi connectivity index (χ4v) is 6.11. The fraction of sp³-hybridized carbons (Fsp3) is 0.706. The number of Topliss-reactive ketones (excluding diaryl/α,β-unsaturated/α-hetero) is 4. The molecule has 214 valence electrons. The first kappa shape index (κ1) is 33.9. The van der Waals surface area contributed by atoms with Crippen LogP contribution >= 0.6 is 0 Å². The first-order chi connectivity index (χ1) is 17.9. The van der Waals surface area contributed by atoms with Gasteiger partial charge in [0.25, 0.3) is 0 Å². The Labute approximate surface area is 232 Å². The van der Waals surface area contributed by atoms with Crippen LogP contribution in [0.25, 0.3) is 0 Å². The van der Waals surface area contributed by atoms with Crippen molar-refractivity contribution in [3.8, 4) is 0 Å². The Kier molecular flexibility index (Phi) is 15.0. The highest BCUT2D eigenvalue weighted by molar-refractivity contribution is 6.01. The highest BCUT2D eigenvalue weighted by Crippen LogP contribution is 2.39. The van der Waals surface area contributed by atoms with Crippen LogP contribution in [0.15, 0.2) is 6.07 Å². The molecule has 1 aliphatic rings. The topological polar surface area (TPSA) is 68.3 Å². The van der Waals surface area contributed by atoms with E-state index in [-0.39, 0.29) is 41.5 Å². The summed E-state index contributed by atoms with van der Waals surface area (Å²) >= 11 is 0. The quantitative estimate of drug-likeness (QED) is 0.179. The fourth-order valence-electron chi connectivity index (χ4n) is 6.11. The molecule has 3 atom stereocenters. The summed E-state index contributed by atoms with van der Waals surface area (Å²) in [7, 11) is 0. The summed E-state index contributed by atoms with van der Waals surface area (Å²) in [6.45, 7) is 18.1. The number of fused-ring (bicyclic) bond motifs is 1. The van der Waals surface area contributed by atoms with E-state index in [2.05, 4.69) is 54.5 Å². The van der Waals surface area contributed by atoms with E-state index >= 15 is 0 Å². The van der Waals surface area contributed by atoms with Crippen LogP contribution in [-0.4, -0.2) is 23.1 Å². The van der Waals surface area contributed by atoms with Gasteiger partial charge in [-0.15, -0.1) is 0 Å². The Morgan fingerprint density at radius 1 is 0.947 bits per heavy atom. The van der Waals surface area contributed by atoms with E-state index in [1.807, 2.05) is 0 Å². The molecule has 0 fully saturated rings. The number of rotatable bonds is 14. The Balaban J connectivity index is 0.000000781. The number of aryl methyl sites for hydroxylation is 1.